The molecule has 64 valence electrons. The van der Waals surface area contributed by atoms with Crippen LogP contribution in [0.1, 0.15) is 33.6 Å². The van der Waals surface area contributed by atoms with Crippen LogP contribution in [0.15, 0.2) is 24.3 Å². The summed E-state index contributed by atoms with van der Waals surface area (Å²) in [4.78, 5) is 0. The quantitative estimate of drug-likeness (QED) is 0.384. The average Bonchev–Trinajstić information content (AvgIpc) is 1.87. The zero-order valence-electron chi connectivity index (χ0n) is 8.68. The predicted octanol–water partition coefficient (Wildman–Crippen LogP) is -0.958. The number of allylic oxidation sites excluding steroid dienone is 2. The van der Waals surface area contributed by atoms with Crippen molar-refractivity contribution in [3.05, 3.63) is 24.3 Å². The SMILES string of the molecule is C=CC(C)([O-])CCC=C(C)C.[Li+]. The molecule has 1 atom stereocenters. The Morgan fingerprint density at radius 2 is 2.00 bits per heavy atom. The minimum Gasteiger partial charge on any atom is -0.847 e. The van der Waals surface area contributed by atoms with Crippen LogP contribution >= 0.6 is 0 Å². The standard InChI is InChI=1S/C10H17O.Li/c1-5-10(4,11)8-6-7-9(2)3;/h5,7H,1,6,8H2,2-4H3;/q-1;+1. The normalized spacial score (nSPS) is 14.0. The molecule has 0 aromatic carbocycles. The van der Waals surface area contributed by atoms with E-state index in [1.165, 1.54) is 11.6 Å². The zero-order chi connectivity index (χ0) is 8.91. The van der Waals surface area contributed by atoms with Crippen molar-refractivity contribution in [1.29, 1.82) is 0 Å². The van der Waals surface area contributed by atoms with Gasteiger partial charge in [-0.15, -0.1) is 12.7 Å². The Kier molecular flexibility index (Phi) is 7.94. The molecule has 0 amide bonds. The number of rotatable bonds is 4. The monoisotopic (exact) mass is 160 g/mol. The van der Waals surface area contributed by atoms with E-state index in [2.05, 4.69) is 12.7 Å². The topological polar surface area (TPSA) is 23.1 Å². The van der Waals surface area contributed by atoms with Gasteiger partial charge < -0.3 is 5.11 Å². The summed E-state index contributed by atoms with van der Waals surface area (Å²) in [7, 11) is 0. The Bertz CT molecular complexity index is 155. The third kappa shape index (κ3) is 8.14. The van der Waals surface area contributed by atoms with Gasteiger partial charge in [0.2, 0.25) is 0 Å². The summed E-state index contributed by atoms with van der Waals surface area (Å²) in [6, 6.07) is 0. The van der Waals surface area contributed by atoms with E-state index < -0.39 is 5.60 Å². The Balaban J connectivity index is 0. The summed E-state index contributed by atoms with van der Waals surface area (Å²) < 4.78 is 0. The summed E-state index contributed by atoms with van der Waals surface area (Å²) in [5.41, 5.74) is 0.316. The fraction of sp³-hybridized carbons (Fsp3) is 0.600. The molecule has 0 spiro atoms. The van der Waals surface area contributed by atoms with Crippen molar-refractivity contribution in [2.75, 3.05) is 0 Å². The van der Waals surface area contributed by atoms with E-state index in [-0.39, 0.29) is 18.9 Å². The van der Waals surface area contributed by atoms with E-state index >= 15 is 0 Å². The molecule has 1 nitrogen and oxygen atoms in total. The van der Waals surface area contributed by atoms with Gasteiger partial charge in [-0.05, 0) is 20.3 Å². The van der Waals surface area contributed by atoms with Crippen LogP contribution in [0.5, 0.6) is 0 Å². The van der Waals surface area contributed by atoms with Gasteiger partial charge in [0.15, 0.2) is 0 Å². The maximum atomic E-state index is 11.3. The van der Waals surface area contributed by atoms with Gasteiger partial charge in [-0.2, -0.15) is 0 Å². The second-order valence-corrected chi connectivity index (χ2v) is 3.34. The molecule has 0 heterocycles. The van der Waals surface area contributed by atoms with Gasteiger partial charge in [0.1, 0.15) is 0 Å². The summed E-state index contributed by atoms with van der Waals surface area (Å²) in [6.07, 6.45) is 5.06. The van der Waals surface area contributed by atoms with Gasteiger partial charge in [0.05, 0.1) is 0 Å². The van der Waals surface area contributed by atoms with Crippen molar-refractivity contribution in [2.24, 2.45) is 0 Å². The molecule has 0 rings (SSSR count). The minimum atomic E-state index is -0.952. The largest absolute Gasteiger partial charge is 1.00 e. The number of hydrogen-bond acceptors (Lipinski definition) is 1. The van der Waals surface area contributed by atoms with Crippen LogP contribution in [0.25, 0.3) is 0 Å². The number of hydrogen-bond donors (Lipinski definition) is 0. The predicted molar refractivity (Wildman–Crippen MR) is 47.3 cm³/mol. The molecule has 0 fully saturated rings. The fourth-order valence-corrected chi connectivity index (χ4v) is 0.750. The van der Waals surface area contributed by atoms with E-state index in [4.69, 9.17) is 0 Å². The summed E-state index contributed by atoms with van der Waals surface area (Å²) in [6.45, 7) is 9.24. The van der Waals surface area contributed by atoms with Crippen LogP contribution in [0, 0.1) is 0 Å². The maximum absolute atomic E-state index is 11.3. The van der Waals surface area contributed by atoms with E-state index in [0.717, 1.165) is 6.42 Å². The Labute approximate surface area is 87.7 Å². The van der Waals surface area contributed by atoms with Crippen molar-refractivity contribution in [1.82, 2.24) is 0 Å². The average molecular weight is 160 g/mol. The van der Waals surface area contributed by atoms with Crippen LogP contribution in [0.2, 0.25) is 0 Å². The molecule has 0 N–H and O–H groups in total. The van der Waals surface area contributed by atoms with Crippen LogP contribution in [-0.4, -0.2) is 5.60 Å². The molecule has 0 saturated heterocycles. The second-order valence-electron chi connectivity index (χ2n) is 3.34. The van der Waals surface area contributed by atoms with E-state index in [9.17, 15) is 5.11 Å². The molecular formula is C10H17LiO. The minimum absolute atomic E-state index is 0. The molecule has 0 aromatic rings. The van der Waals surface area contributed by atoms with Crippen molar-refractivity contribution < 1.29 is 24.0 Å². The van der Waals surface area contributed by atoms with Crippen molar-refractivity contribution in [3.8, 4) is 0 Å². The van der Waals surface area contributed by atoms with Gasteiger partial charge in [0, 0.05) is 0 Å². The van der Waals surface area contributed by atoms with Crippen LogP contribution < -0.4 is 24.0 Å². The molecule has 0 saturated carbocycles. The third-order valence-electron chi connectivity index (χ3n) is 1.63. The zero-order valence-corrected chi connectivity index (χ0v) is 8.68. The molecule has 0 aliphatic rings. The summed E-state index contributed by atoms with van der Waals surface area (Å²) in [5.74, 6) is 0. The smallest absolute Gasteiger partial charge is 0.847 e. The molecule has 0 aliphatic carbocycles. The third-order valence-corrected chi connectivity index (χ3v) is 1.63. The maximum Gasteiger partial charge on any atom is 1.00 e. The van der Waals surface area contributed by atoms with Gasteiger partial charge >= 0.3 is 18.9 Å². The first-order valence-electron chi connectivity index (χ1n) is 3.95. The molecule has 2 heteroatoms. The fourth-order valence-electron chi connectivity index (χ4n) is 0.750. The Morgan fingerprint density at radius 1 is 1.50 bits per heavy atom. The molecule has 0 radical (unpaired) electrons. The first-order chi connectivity index (χ1) is 4.98. The molecular weight excluding hydrogens is 143 g/mol. The van der Waals surface area contributed by atoms with Crippen LogP contribution in [-0.2, 0) is 0 Å². The molecule has 0 aromatic heterocycles. The van der Waals surface area contributed by atoms with Crippen molar-refractivity contribution >= 4 is 0 Å². The van der Waals surface area contributed by atoms with Gasteiger partial charge in [-0.3, -0.25) is 0 Å². The second kappa shape index (κ2) is 6.54. The van der Waals surface area contributed by atoms with Crippen molar-refractivity contribution in [2.45, 2.75) is 39.2 Å². The summed E-state index contributed by atoms with van der Waals surface area (Å²) in [5, 5.41) is 11.3. The Morgan fingerprint density at radius 3 is 2.33 bits per heavy atom. The molecule has 0 bridgehead atoms. The van der Waals surface area contributed by atoms with Gasteiger partial charge in [0.25, 0.3) is 0 Å². The first-order valence-corrected chi connectivity index (χ1v) is 3.95. The Hall–Kier alpha value is 0.0374. The van der Waals surface area contributed by atoms with Crippen molar-refractivity contribution in [3.63, 3.8) is 0 Å². The molecule has 1 unspecified atom stereocenters. The van der Waals surface area contributed by atoms with Gasteiger partial charge in [-0.25, -0.2) is 0 Å². The molecule has 12 heavy (non-hydrogen) atoms. The van der Waals surface area contributed by atoms with E-state index in [0.29, 0.717) is 6.42 Å². The van der Waals surface area contributed by atoms with Crippen LogP contribution in [0.4, 0.5) is 0 Å². The van der Waals surface area contributed by atoms with E-state index in [1.54, 1.807) is 6.92 Å². The van der Waals surface area contributed by atoms with E-state index in [1.807, 2.05) is 13.8 Å². The molecule has 0 aliphatic heterocycles. The van der Waals surface area contributed by atoms with Crippen LogP contribution in [0.3, 0.4) is 0 Å². The van der Waals surface area contributed by atoms with Gasteiger partial charge in [-0.1, -0.05) is 30.6 Å². The summed E-state index contributed by atoms with van der Waals surface area (Å²) >= 11 is 0. The first kappa shape index (κ1) is 14.6.